The predicted molar refractivity (Wildman–Crippen MR) is 91.8 cm³/mol. The maximum Gasteiger partial charge on any atom is 0.117 e. The molecule has 134 valence electrons. The minimum absolute atomic E-state index is 0.346. The van der Waals surface area contributed by atoms with Crippen molar-refractivity contribution in [1.82, 2.24) is 9.80 Å². The van der Waals surface area contributed by atoms with E-state index in [1.807, 2.05) is 6.07 Å². The summed E-state index contributed by atoms with van der Waals surface area (Å²) in [7, 11) is 2.21. The molecule has 0 aliphatic carbocycles. The van der Waals surface area contributed by atoms with Gasteiger partial charge in [0.25, 0.3) is 0 Å². The predicted octanol–water partition coefficient (Wildman–Crippen LogP) is 2.37. The van der Waals surface area contributed by atoms with Gasteiger partial charge in [0.05, 0.1) is 25.0 Å². The topological polar surface area (TPSA) is 38.1 Å². The lowest BCUT2D eigenvalue weighted by molar-refractivity contribution is -0.0414. The average Bonchev–Trinajstić information content (AvgIpc) is 3.24. The van der Waals surface area contributed by atoms with Gasteiger partial charge in [-0.3, -0.25) is 9.80 Å². The number of hydrogen-bond donors (Lipinski definition) is 0. The number of likely N-dealkylation sites (tertiary alicyclic amines) is 1. The highest BCUT2D eigenvalue weighted by Crippen LogP contribution is 2.33. The van der Waals surface area contributed by atoms with Crippen LogP contribution in [-0.4, -0.2) is 67.9 Å². The molecule has 3 aliphatic rings. The summed E-state index contributed by atoms with van der Waals surface area (Å²) in [6, 6.07) is 5.07. The van der Waals surface area contributed by atoms with Crippen molar-refractivity contribution in [3.63, 3.8) is 0 Å². The van der Waals surface area contributed by atoms with Gasteiger partial charge >= 0.3 is 0 Å². The van der Waals surface area contributed by atoms with Gasteiger partial charge in [-0.25, -0.2) is 0 Å². The first-order valence-corrected chi connectivity index (χ1v) is 9.47. The van der Waals surface area contributed by atoms with Crippen molar-refractivity contribution in [2.75, 3.05) is 40.0 Å². The zero-order chi connectivity index (χ0) is 16.4. The Labute approximate surface area is 144 Å². The van der Waals surface area contributed by atoms with Gasteiger partial charge in [0, 0.05) is 39.0 Å². The molecule has 0 spiro atoms. The fourth-order valence-electron chi connectivity index (χ4n) is 4.65. The molecular weight excluding hydrogens is 304 g/mol. The minimum Gasteiger partial charge on any atom is -0.468 e. The average molecular weight is 334 g/mol. The Bertz CT molecular complexity index is 501. The van der Waals surface area contributed by atoms with Crippen molar-refractivity contribution in [3.8, 4) is 0 Å². The summed E-state index contributed by atoms with van der Waals surface area (Å²) in [4.78, 5) is 5.13. The SMILES string of the molecule is CN(Cc1ccco1)[C@@H]1CN(CC2CCOCC2)[C@@H]2CCCO[C@H]12. The fraction of sp³-hybridized carbons (Fsp3) is 0.789. The van der Waals surface area contributed by atoms with Crippen molar-refractivity contribution >= 4 is 0 Å². The summed E-state index contributed by atoms with van der Waals surface area (Å²) in [5.41, 5.74) is 0. The van der Waals surface area contributed by atoms with E-state index in [1.165, 1.54) is 32.2 Å². The van der Waals surface area contributed by atoms with Crippen LogP contribution in [-0.2, 0) is 16.0 Å². The van der Waals surface area contributed by atoms with Crippen LogP contribution in [0.15, 0.2) is 22.8 Å². The van der Waals surface area contributed by atoms with E-state index in [2.05, 4.69) is 22.9 Å². The molecule has 0 unspecified atom stereocenters. The number of fused-ring (bicyclic) bond motifs is 1. The van der Waals surface area contributed by atoms with Gasteiger partial charge in [-0.1, -0.05) is 0 Å². The molecule has 0 bridgehead atoms. The molecule has 3 saturated heterocycles. The zero-order valence-electron chi connectivity index (χ0n) is 14.7. The Hall–Kier alpha value is -0.880. The second-order valence-corrected chi connectivity index (χ2v) is 7.62. The van der Waals surface area contributed by atoms with E-state index >= 15 is 0 Å². The molecule has 4 rings (SSSR count). The van der Waals surface area contributed by atoms with Crippen LogP contribution in [0.25, 0.3) is 0 Å². The van der Waals surface area contributed by atoms with E-state index in [9.17, 15) is 0 Å². The first-order valence-electron chi connectivity index (χ1n) is 9.47. The van der Waals surface area contributed by atoms with E-state index in [-0.39, 0.29) is 0 Å². The number of nitrogens with zero attached hydrogens (tertiary/aromatic N) is 2. The fourth-order valence-corrected chi connectivity index (χ4v) is 4.65. The van der Waals surface area contributed by atoms with Crippen LogP contribution in [0, 0.1) is 5.92 Å². The summed E-state index contributed by atoms with van der Waals surface area (Å²) < 4.78 is 17.3. The van der Waals surface area contributed by atoms with Crippen LogP contribution in [0.1, 0.15) is 31.4 Å². The number of rotatable bonds is 5. The molecule has 5 nitrogen and oxygen atoms in total. The summed E-state index contributed by atoms with van der Waals surface area (Å²) in [5.74, 6) is 1.82. The Morgan fingerprint density at radius 1 is 1.21 bits per heavy atom. The van der Waals surface area contributed by atoms with Gasteiger partial charge in [-0.05, 0) is 50.8 Å². The molecule has 0 radical (unpaired) electrons. The van der Waals surface area contributed by atoms with Gasteiger partial charge in [0.15, 0.2) is 0 Å². The van der Waals surface area contributed by atoms with Gasteiger partial charge in [-0.15, -0.1) is 0 Å². The molecular formula is C19H30N2O3. The standard InChI is InChI=1S/C19H30N2O3/c1-20(13-16-4-2-8-23-16)18-14-21(12-15-6-10-22-11-7-15)17-5-3-9-24-19(17)18/h2,4,8,15,17-19H,3,5-7,9-14H2,1H3/t17-,18-,19+/m1/s1. The van der Waals surface area contributed by atoms with E-state index in [4.69, 9.17) is 13.9 Å². The van der Waals surface area contributed by atoms with E-state index < -0.39 is 0 Å². The Balaban J connectivity index is 1.42. The van der Waals surface area contributed by atoms with Crippen molar-refractivity contribution in [3.05, 3.63) is 24.2 Å². The number of hydrogen-bond acceptors (Lipinski definition) is 5. The third-order valence-corrected chi connectivity index (χ3v) is 5.99. The number of likely N-dealkylation sites (N-methyl/N-ethyl adjacent to an activating group) is 1. The van der Waals surface area contributed by atoms with Crippen LogP contribution in [0.2, 0.25) is 0 Å². The summed E-state index contributed by atoms with van der Waals surface area (Å²) >= 11 is 0. The first-order chi connectivity index (χ1) is 11.8. The van der Waals surface area contributed by atoms with E-state index in [1.54, 1.807) is 6.26 Å². The van der Waals surface area contributed by atoms with Crippen LogP contribution >= 0.6 is 0 Å². The normalized spacial score (nSPS) is 32.3. The monoisotopic (exact) mass is 334 g/mol. The van der Waals surface area contributed by atoms with Gasteiger partial charge < -0.3 is 13.9 Å². The molecule has 0 saturated carbocycles. The second-order valence-electron chi connectivity index (χ2n) is 7.62. The van der Waals surface area contributed by atoms with Gasteiger partial charge in [0.1, 0.15) is 5.76 Å². The van der Waals surface area contributed by atoms with Crippen molar-refractivity contribution in [2.45, 2.75) is 50.4 Å². The molecule has 4 heterocycles. The first kappa shape index (κ1) is 16.6. The highest BCUT2D eigenvalue weighted by atomic mass is 16.5. The third kappa shape index (κ3) is 3.54. The Morgan fingerprint density at radius 2 is 2.08 bits per heavy atom. The molecule has 0 aromatic carbocycles. The number of ether oxygens (including phenoxy) is 2. The zero-order valence-corrected chi connectivity index (χ0v) is 14.7. The maximum atomic E-state index is 6.24. The largest absolute Gasteiger partial charge is 0.468 e. The lowest BCUT2D eigenvalue weighted by Gasteiger charge is -2.35. The number of furan rings is 1. The molecule has 1 aromatic heterocycles. The Kier molecular flexibility index (Phi) is 5.22. The van der Waals surface area contributed by atoms with Crippen LogP contribution in [0.4, 0.5) is 0 Å². The minimum atomic E-state index is 0.346. The summed E-state index contributed by atoms with van der Waals surface area (Å²) in [6.07, 6.45) is 7.00. The Morgan fingerprint density at radius 3 is 2.88 bits per heavy atom. The lowest BCUT2D eigenvalue weighted by Crippen LogP contribution is -2.46. The van der Waals surface area contributed by atoms with Crippen molar-refractivity contribution in [1.29, 1.82) is 0 Å². The highest BCUT2D eigenvalue weighted by molar-refractivity contribution is 5.03. The lowest BCUT2D eigenvalue weighted by atomic mass is 9.97. The van der Waals surface area contributed by atoms with E-state index in [0.717, 1.165) is 44.6 Å². The molecule has 3 aliphatic heterocycles. The van der Waals surface area contributed by atoms with Crippen LogP contribution in [0.3, 0.4) is 0 Å². The summed E-state index contributed by atoms with van der Waals surface area (Å²) in [6.45, 7) is 5.96. The molecule has 1 aromatic rings. The maximum absolute atomic E-state index is 6.24. The van der Waals surface area contributed by atoms with Crippen LogP contribution < -0.4 is 0 Å². The molecule has 24 heavy (non-hydrogen) atoms. The van der Waals surface area contributed by atoms with Crippen LogP contribution in [0.5, 0.6) is 0 Å². The highest BCUT2D eigenvalue weighted by Gasteiger charge is 2.46. The van der Waals surface area contributed by atoms with E-state index in [0.29, 0.717) is 18.2 Å². The molecule has 3 fully saturated rings. The van der Waals surface area contributed by atoms with Crippen molar-refractivity contribution in [2.24, 2.45) is 5.92 Å². The summed E-state index contributed by atoms with van der Waals surface area (Å²) in [5, 5.41) is 0. The quantitative estimate of drug-likeness (QED) is 0.826. The second kappa shape index (κ2) is 7.56. The molecule has 3 atom stereocenters. The molecule has 0 N–H and O–H groups in total. The molecule has 0 amide bonds. The smallest absolute Gasteiger partial charge is 0.117 e. The molecule has 5 heteroatoms. The van der Waals surface area contributed by atoms with Gasteiger partial charge in [0.2, 0.25) is 0 Å². The van der Waals surface area contributed by atoms with Gasteiger partial charge in [-0.2, -0.15) is 0 Å². The third-order valence-electron chi connectivity index (χ3n) is 5.99. The van der Waals surface area contributed by atoms with Crippen molar-refractivity contribution < 1.29 is 13.9 Å².